The molecule has 1 fully saturated rings. The molecule has 1 aliphatic heterocycles. The highest BCUT2D eigenvalue weighted by molar-refractivity contribution is 5.75. The Bertz CT molecular complexity index is 456. The molecule has 0 aromatic rings. The molecule has 2 heteroatoms. The molecule has 3 rings (SSSR count). The fraction of sp³-hybridized carbons (Fsp3) is 0.533. The van der Waals surface area contributed by atoms with E-state index in [1.807, 2.05) is 6.92 Å². The Morgan fingerprint density at radius 3 is 2.94 bits per heavy atom. The Labute approximate surface area is 102 Å². The standard InChI is InChI=1S/C15H18O2/c1-8-4-7-12-10(3)15(16)17-14(12)13-9(2)5-6-11(8)13/h5-6,10,12-14H,2,4,7H2,1,3H3/t10-,12+,13+,14+/m1/s1. The minimum Gasteiger partial charge on any atom is -0.461 e. The van der Waals surface area contributed by atoms with Crippen LogP contribution in [0, 0.1) is 17.8 Å². The van der Waals surface area contributed by atoms with Crippen LogP contribution in [0.15, 0.2) is 35.5 Å². The van der Waals surface area contributed by atoms with Crippen molar-refractivity contribution in [1.29, 1.82) is 0 Å². The lowest BCUT2D eigenvalue weighted by Crippen LogP contribution is -2.27. The van der Waals surface area contributed by atoms with E-state index in [-0.39, 0.29) is 23.9 Å². The zero-order valence-corrected chi connectivity index (χ0v) is 10.4. The molecule has 0 spiro atoms. The summed E-state index contributed by atoms with van der Waals surface area (Å²) in [5.41, 5.74) is 3.87. The topological polar surface area (TPSA) is 26.3 Å². The highest BCUT2D eigenvalue weighted by Crippen LogP contribution is 2.47. The van der Waals surface area contributed by atoms with E-state index >= 15 is 0 Å². The first-order valence-corrected chi connectivity index (χ1v) is 6.36. The summed E-state index contributed by atoms with van der Waals surface area (Å²) < 4.78 is 5.62. The highest BCUT2D eigenvalue weighted by atomic mass is 16.6. The van der Waals surface area contributed by atoms with Crippen molar-refractivity contribution in [2.75, 3.05) is 0 Å². The van der Waals surface area contributed by atoms with Gasteiger partial charge in [-0.05, 0) is 30.9 Å². The van der Waals surface area contributed by atoms with Gasteiger partial charge in [0, 0.05) is 11.8 Å². The maximum atomic E-state index is 11.7. The fourth-order valence-corrected chi connectivity index (χ4v) is 3.44. The molecule has 0 amide bonds. The van der Waals surface area contributed by atoms with Gasteiger partial charge in [-0.3, -0.25) is 4.79 Å². The molecule has 0 saturated carbocycles. The second kappa shape index (κ2) is 3.59. The van der Waals surface area contributed by atoms with Crippen molar-refractivity contribution in [3.63, 3.8) is 0 Å². The highest BCUT2D eigenvalue weighted by Gasteiger charge is 2.48. The molecule has 0 aromatic carbocycles. The van der Waals surface area contributed by atoms with Crippen LogP contribution in [-0.2, 0) is 9.53 Å². The van der Waals surface area contributed by atoms with Crippen LogP contribution in [0.3, 0.4) is 0 Å². The summed E-state index contributed by atoms with van der Waals surface area (Å²) in [6.45, 7) is 8.30. The second-order valence-corrected chi connectivity index (χ2v) is 5.51. The van der Waals surface area contributed by atoms with Crippen LogP contribution in [0.25, 0.3) is 0 Å². The van der Waals surface area contributed by atoms with Crippen molar-refractivity contribution in [2.24, 2.45) is 17.8 Å². The number of carbonyl (C=O) groups excluding carboxylic acids is 1. The number of carbonyl (C=O) groups is 1. The van der Waals surface area contributed by atoms with Crippen LogP contribution in [0.1, 0.15) is 26.7 Å². The zero-order chi connectivity index (χ0) is 12.2. The van der Waals surface area contributed by atoms with Crippen LogP contribution in [0.4, 0.5) is 0 Å². The summed E-state index contributed by atoms with van der Waals surface area (Å²) in [6, 6.07) is 0. The van der Waals surface area contributed by atoms with Gasteiger partial charge >= 0.3 is 5.97 Å². The molecule has 1 heterocycles. The van der Waals surface area contributed by atoms with Crippen molar-refractivity contribution in [1.82, 2.24) is 0 Å². The van der Waals surface area contributed by atoms with Gasteiger partial charge in [-0.1, -0.05) is 31.2 Å². The van der Waals surface area contributed by atoms with Crippen LogP contribution in [0.5, 0.6) is 0 Å². The van der Waals surface area contributed by atoms with Gasteiger partial charge in [0.25, 0.3) is 0 Å². The van der Waals surface area contributed by atoms with Gasteiger partial charge in [0.2, 0.25) is 0 Å². The van der Waals surface area contributed by atoms with Crippen LogP contribution in [-0.4, -0.2) is 12.1 Å². The molecule has 0 unspecified atom stereocenters. The Kier molecular flexibility index (Phi) is 2.29. The van der Waals surface area contributed by atoms with Gasteiger partial charge in [0.05, 0.1) is 5.92 Å². The summed E-state index contributed by atoms with van der Waals surface area (Å²) in [4.78, 5) is 11.7. The first-order valence-electron chi connectivity index (χ1n) is 6.36. The smallest absolute Gasteiger partial charge is 0.309 e. The number of ether oxygens (including phenoxy) is 1. The van der Waals surface area contributed by atoms with E-state index in [9.17, 15) is 4.79 Å². The molecule has 3 aliphatic rings. The summed E-state index contributed by atoms with van der Waals surface area (Å²) in [5.74, 6) is 0.590. The number of esters is 1. The van der Waals surface area contributed by atoms with Gasteiger partial charge in [-0.25, -0.2) is 0 Å². The first kappa shape index (κ1) is 10.8. The third kappa shape index (κ3) is 1.43. The minimum absolute atomic E-state index is 0.0208. The number of hydrogen-bond acceptors (Lipinski definition) is 2. The maximum absolute atomic E-state index is 11.7. The first-order chi connectivity index (χ1) is 8.09. The molecular formula is C15H18O2. The molecule has 90 valence electrons. The van der Waals surface area contributed by atoms with E-state index in [0.29, 0.717) is 5.92 Å². The average molecular weight is 230 g/mol. The van der Waals surface area contributed by atoms with Gasteiger partial charge < -0.3 is 4.74 Å². The van der Waals surface area contributed by atoms with Gasteiger partial charge in [-0.2, -0.15) is 0 Å². The Balaban J connectivity index is 2.03. The monoisotopic (exact) mass is 230 g/mol. The van der Waals surface area contributed by atoms with E-state index < -0.39 is 0 Å². The molecule has 0 bridgehead atoms. The van der Waals surface area contributed by atoms with E-state index in [1.54, 1.807) is 0 Å². The van der Waals surface area contributed by atoms with Crippen molar-refractivity contribution in [3.05, 3.63) is 35.5 Å². The lowest BCUT2D eigenvalue weighted by Gasteiger charge is -2.24. The van der Waals surface area contributed by atoms with E-state index in [2.05, 4.69) is 25.7 Å². The van der Waals surface area contributed by atoms with Crippen molar-refractivity contribution in [2.45, 2.75) is 32.8 Å². The van der Waals surface area contributed by atoms with Crippen molar-refractivity contribution < 1.29 is 9.53 Å². The number of fused-ring (bicyclic) bond motifs is 3. The Morgan fingerprint density at radius 2 is 2.18 bits per heavy atom. The van der Waals surface area contributed by atoms with Crippen molar-refractivity contribution >= 4 is 5.97 Å². The Hall–Kier alpha value is -1.31. The average Bonchev–Trinajstić information content (AvgIpc) is 2.75. The predicted molar refractivity (Wildman–Crippen MR) is 66.2 cm³/mol. The SMILES string of the molecule is C=C1C=CC2=C(C)CC[C@@H]3[C@H](OC(=O)[C@@H]3C)[C@@H]12. The van der Waals surface area contributed by atoms with Crippen LogP contribution in [0.2, 0.25) is 0 Å². The van der Waals surface area contributed by atoms with Gasteiger partial charge in [-0.15, -0.1) is 0 Å². The normalized spacial score (nSPS) is 40.1. The lowest BCUT2D eigenvalue weighted by molar-refractivity contribution is -0.144. The minimum atomic E-state index is -0.0291. The van der Waals surface area contributed by atoms with E-state index in [1.165, 1.54) is 11.1 Å². The van der Waals surface area contributed by atoms with Gasteiger partial charge in [0.1, 0.15) is 6.10 Å². The largest absolute Gasteiger partial charge is 0.461 e. The van der Waals surface area contributed by atoms with Crippen molar-refractivity contribution in [3.8, 4) is 0 Å². The van der Waals surface area contributed by atoms with Crippen LogP contribution >= 0.6 is 0 Å². The molecule has 0 aromatic heterocycles. The molecule has 2 aliphatic carbocycles. The molecule has 2 nitrogen and oxygen atoms in total. The number of rotatable bonds is 0. The van der Waals surface area contributed by atoms with E-state index in [4.69, 9.17) is 4.74 Å². The fourth-order valence-electron chi connectivity index (χ4n) is 3.44. The molecule has 17 heavy (non-hydrogen) atoms. The predicted octanol–water partition coefficient (Wildman–Crippen LogP) is 3.02. The quantitative estimate of drug-likeness (QED) is 0.598. The molecule has 0 N–H and O–H groups in total. The maximum Gasteiger partial charge on any atom is 0.309 e. The van der Waals surface area contributed by atoms with E-state index in [0.717, 1.165) is 18.4 Å². The Morgan fingerprint density at radius 1 is 1.41 bits per heavy atom. The number of hydrogen-bond donors (Lipinski definition) is 0. The molecular weight excluding hydrogens is 212 g/mol. The molecule has 1 saturated heterocycles. The molecule has 0 radical (unpaired) electrons. The van der Waals surface area contributed by atoms with Gasteiger partial charge in [0.15, 0.2) is 0 Å². The van der Waals surface area contributed by atoms with Crippen LogP contribution < -0.4 is 0 Å². The number of allylic oxidation sites excluding steroid dienone is 3. The zero-order valence-electron chi connectivity index (χ0n) is 10.4. The molecule has 4 atom stereocenters. The summed E-state index contributed by atoms with van der Waals surface area (Å²) in [5, 5.41) is 0. The second-order valence-electron chi connectivity index (χ2n) is 5.51. The summed E-state index contributed by atoms with van der Waals surface area (Å²) >= 11 is 0. The summed E-state index contributed by atoms with van der Waals surface area (Å²) in [7, 11) is 0. The lowest BCUT2D eigenvalue weighted by atomic mass is 9.81. The third-order valence-corrected chi connectivity index (χ3v) is 4.57. The summed E-state index contributed by atoms with van der Waals surface area (Å²) in [6.07, 6.45) is 6.38. The third-order valence-electron chi connectivity index (χ3n) is 4.57.